The van der Waals surface area contributed by atoms with Crippen LogP contribution >= 0.6 is 11.3 Å². The van der Waals surface area contributed by atoms with Crippen LogP contribution in [0.15, 0.2) is 53.9 Å². The van der Waals surface area contributed by atoms with E-state index in [2.05, 4.69) is 5.32 Å². The van der Waals surface area contributed by atoms with Crippen LogP contribution in [0.25, 0.3) is 21.8 Å². The van der Waals surface area contributed by atoms with Crippen LogP contribution in [0.1, 0.15) is 0 Å². The zero-order valence-electron chi connectivity index (χ0n) is 16.3. The molecule has 1 aliphatic rings. The first kappa shape index (κ1) is 19.6. The number of amides is 1. The molecule has 1 aromatic heterocycles. The number of thiazole rings is 1. The van der Waals surface area contributed by atoms with E-state index < -0.39 is 0 Å². The number of rotatable bonds is 6. The summed E-state index contributed by atoms with van der Waals surface area (Å²) in [7, 11) is 1.66. The second kappa shape index (κ2) is 9.17. The molecule has 2 heterocycles. The summed E-state index contributed by atoms with van der Waals surface area (Å²) in [6.45, 7) is 3.65. The summed E-state index contributed by atoms with van der Waals surface area (Å²) in [5.41, 5.74) is 3.62. The van der Waals surface area contributed by atoms with Gasteiger partial charge in [-0.25, -0.2) is 4.98 Å². The Balaban J connectivity index is 1.47. The lowest BCUT2D eigenvalue weighted by atomic mass is 10.1. The van der Waals surface area contributed by atoms with Crippen molar-refractivity contribution < 1.29 is 19.2 Å². The molecule has 1 amide bonds. The van der Waals surface area contributed by atoms with Gasteiger partial charge in [-0.1, -0.05) is 24.3 Å². The Morgan fingerprint density at radius 2 is 2.03 bits per heavy atom. The van der Waals surface area contributed by atoms with Gasteiger partial charge in [0.15, 0.2) is 6.54 Å². The molecule has 150 valence electrons. The molecule has 4 rings (SSSR count). The minimum absolute atomic E-state index is 0.0212. The second-order valence-corrected chi connectivity index (χ2v) is 7.76. The molecule has 0 spiro atoms. The number of hydrogen-bond acceptors (Lipinski definition) is 5. The van der Waals surface area contributed by atoms with Gasteiger partial charge in [-0.05, 0) is 24.3 Å². The number of aromatic nitrogens is 1. The molecular weight excluding hydrogens is 386 g/mol. The SMILES string of the molecule is COc1ccccc1-c1csc(-c2cccc(NC(=O)C[NH+]3CCOCC3)c2)n1. The molecule has 2 N–H and O–H groups in total. The summed E-state index contributed by atoms with van der Waals surface area (Å²) < 4.78 is 10.8. The minimum atomic E-state index is 0.0212. The van der Waals surface area contributed by atoms with Gasteiger partial charge in [-0.2, -0.15) is 0 Å². The second-order valence-electron chi connectivity index (χ2n) is 6.91. The van der Waals surface area contributed by atoms with Gasteiger partial charge in [0.2, 0.25) is 0 Å². The predicted octanol–water partition coefficient (Wildman–Crippen LogP) is 2.34. The Morgan fingerprint density at radius 3 is 2.86 bits per heavy atom. The lowest BCUT2D eigenvalue weighted by molar-refractivity contribution is -0.899. The predicted molar refractivity (Wildman–Crippen MR) is 115 cm³/mol. The van der Waals surface area contributed by atoms with E-state index in [1.807, 2.05) is 53.9 Å². The molecule has 1 saturated heterocycles. The third-order valence-corrected chi connectivity index (χ3v) is 5.78. The number of methoxy groups -OCH3 is 1. The number of nitrogens with one attached hydrogen (secondary N) is 2. The van der Waals surface area contributed by atoms with Gasteiger partial charge in [0.05, 0.1) is 26.0 Å². The highest BCUT2D eigenvalue weighted by Crippen LogP contribution is 2.34. The number of nitrogens with zero attached hydrogens (tertiary/aromatic N) is 1. The zero-order valence-corrected chi connectivity index (χ0v) is 17.1. The number of benzene rings is 2. The molecule has 1 aliphatic heterocycles. The number of carbonyl (C=O) groups excluding carboxylic acids is 1. The molecule has 1 fully saturated rings. The van der Waals surface area contributed by atoms with Gasteiger partial charge in [0, 0.05) is 22.2 Å². The highest BCUT2D eigenvalue weighted by atomic mass is 32.1. The van der Waals surface area contributed by atoms with Crippen molar-refractivity contribution in [3.05, 3.63) is 53.9 Å². The molecule has 0 aliphatic carbocycles. The number of morpholine rings is 1. The van der Waals surface area contributed by atoms with E-state index in [0.29, 0.717) is 6.54 Å². The normalized spacial score (nSPS) is 14.5. The van der Waals surface area contributed by atoms with Gasteiger partial charge < -0.3 is 19.7 Å². The van der Waals surface area contributed by atoms with Crippen molar-refractivity contribution in [3.63, 3.8) is 0 Å². The number of ether oxygens (including phenoxy) is 2. The van der Waals surface area contributed by atoms with Crippen LogP contribution in [-0.4, -0.2) is 50.8 Å². The van der Waals surface area contributed by atoms with Crippen molar-refractivity contribution in [1.82, 2.24) is 4.98 Å². The monoisotopic (exact) mass is 410 g/mol. The highest BCUT2D eigenvalue weighted by molar-refractivity contribution is 7.13. The van der Waals surface area contributed by atoms with E-state index in [9.17, 15) is 4.79 Å². The summed E-state index contributed by atoms with van der Waals surface area (Å²) in [4.78, 5) is 18.4. The van der Waals surface area contributed by atoms with E-state index in [1.54, 1.807) is 18.4 Å². The van der Waals surface area contributed by atoms with Crippen LogP contribution in [0.4, 0.5) is 5.69 Å². The Hall–Kier alpha value is -2.74. The molecule has 0 bridgehead atoms. The van der Waals surface area contributed by atoms with Crippen molar-refractivity contribution in [3.8, 4) is 27.6 Å². The molecule has 0 unspecified atom stereocenters. The van der Waals surface area contributed by atoms with Crippen LogP contribution in [0.3, 0.4) is 0 Å². The van der Waals surface area contributed by atoms with Crippen molar-refractivity contribution in [2.24, 2.45) is 0 Å². The zero-order chi connectivity index (χ0) is 20.1. The van der Waals surface area contributed by atoms with Gasteiger partial charge >= 0.3 is 0 Å². The number of carbonyl (C=O) groups is 1. The molecule has 2 aromatic carbocycles. The molecule has 7 heteroatoms. The first-order chi connectivity index (χ1) is 14.2. The first-order valence-electron chi connectivity index (χ1n) is 9.63. The first-order valence-corrected chi connectivity index (χ1v) is 10.5. The van der Waals surface area contributed by atoms with E-state index >= 15 is 0 Å². The average Bonchev–Trinajstić information content (AvgIpc) is 3.25. The molecule has 0 saturated carbocycles. The van der Waals surface area contributed by atoms with E-state index in [-0.39, 0.29) is 5.91 Å². The van der Waals surface area contributed by atoms with E-state index in [4.69, 9.17) is 14.5 Å². The van der Waals surface area contributed by atoms with Gasteiger partial charge in [0.25, 0.3) is 5.91 Å². The van der Waals surface area contributed by atoms with Crippen LogP contribution in [0.5, 0.6) is 5.75 Å². The van der Waals surface area contributed by atoms with Gasteiger partial charge in [-0.3, -0.25) is 4.79 Å². The minimum Gasteiger partial charge on any atom is -0.496 e. The summed E-state index contributed by atoms with van der Waals surface area (Å²) in [5.74, 6) is 0.823. The van der Waals surface area contributed by atoms with Gasteiger partial charge in [-0.15, -0.1) is 11.3 Å². The average molecular weight is 411 g/mol. The van der Waals surface area contributed by atoms with Crippen molar-refractivity contribution in [2.75, 3.05) is 45.3 Å². The Morgan fingerprint density at radius 1 is 1.21 bits per heavy atom. The van der Waals surface area contributed by atoms with Crippen molar-refractivity contribution >= 4 is 22.9 Å². The largest absolute Gasteiger partial charge is 0.496 e. The quantitative estimate of drug-likeness (QED) is 0.655. The van der Waals surface area contributed by atoms with Crippen molar-refractivity contribution in [2.45, 2.75) is 0 Å². The fourth-order valence-electron chi connectivity index (χ4n) is 3.39. The molecule has 3 aromatic rings. The summed E-state index contributed by atoms with van der Waals surface area (Å²) >= 11 is 1.58. The number of anilines is 1. The number of hydrogen-bond donors (Lipinski definition) is 2. The third-order valence-electron chi connectivity index (χ3n) is 4.89. The summed E-state index contributed by atoms with van der Waals surface area (Å²) in [6, 6.07) is 15.7. The number of quaternary nitrogens is 1. The Labute approximate surface area is 174 Å². The Kier molecular flexibility index (Phi) is 6.19. The lowest BCUT2D eigenvalue weighted by Gasteiger charge is -2.23. The highest BCUT2D eigenvalue weighted by Gasteiger charge is 2.18. The van der Waals surface area contributed by atoms with Crippen LogP contribution in [0, 0.1) is 0 Å². The fraction of sp³-hybridized carbons (Fsp3) is 0.273. The summed E-state index contributed by atoms with van der Waals surface area (Å²) in [6.07, 6.45) is 0. The maximum absolute atomic E-state index is 12.4. The lowest BCUT2D eigenvalue weighted by Crippen LogP contribution is -3.15. The molecule has 6 nitrogen and oxygen atoms in total. The van der Waals surface area contributed by atoms with Gasteiger partial charge in [0.1, 0.15) is 23.8 Å². The maximum Gasteiger partial charge on any atom is 0.279 e. The third kappa shape index (κ3) is 4.82. The molecular formula is C22H24N3O3S+. The van der Waals surface area contributed by atoms with Crippen molar-refractivity contribution in [1.29, 1.82) is 0 Å². The maximum atomic E-state index is 12.4. The van der Waals surface area contributed by atoms with E-state index in [1.165, 1.54) is 4.90 Å². The van der Waals surface area contributed by atoms with E-state index in [0.717, 1.165) is 59.6 Å². The topological polar surface area (TPSA) is 64.9 Å². The Bertz CT molecular complexity index is 983. The van der Waals surface area contributed by atoms with Crippen LogP contribution in [0.2, 0.25) is 0 Å². The standard InChI is InChI=1S/C22H23N3O3S/c1-27-20-8-3-2-7-18(20)19-15-29-22(24-19)16-5-4-6-17(13-16)23-21(26)14-25-9-11-28-12-10-25/h2-8,13,15H,9-12,14H2,1H3,(H,23,26)/p+1. The molecule has 29 heavy (non-hydrogen) atoms. The van der Waals surface area contributed by atoms with Crippen LogP contribution in [-0.2, 0) is 9.53 Å². The number of para-hydroxylation sites is 1. The smallest absolute Gasteiger partial charge is 0.279 e. The fourth-order valence-corrected chi connectivity index (χ4v) is 4.20. The molecule has 0 atom stereocenters. The summed E-state index contributed by atoms with van der Waals surface area (Å²) in [5, 5.41) is 5.94. The van der Waals surface area contributed by atoms with Crippen LogP contribution < -0.4 is 15.0 Å². The molecule has 0 radical (unpaired) electrons.